The van der Waals surface area contributed by atoms with Crippen molar-refractivity contribution in [1.29, 1.82) is 0 Å². The molecule has 2 aromatic rings. The van der Waals surface area contributed by atoms with Crippen molar-refractivity contribution in [1.82, 2.24) is 9.88 Å². The van der Waals surface area contributed by atoms with Gasteiger partial charge in [0, 0.05) is 43.2 Å². The molecule has 0 amide bonds. The summed E-state index contributed by atoms with van der Waals surface area (Å²) < 4.78 is 0. The van der Waals surface area contributed by atoms with Crippen molar-refractivity contribution in [2.45, 2.75) is 25.3 Å². The number of nitrogens with zero attached hydrogens (tertiary/aromatic N) is 3. The summed E-state index contributed by atoms with van der Waals surface area (Å²) in [5, 5.41) is 12.3. The SMILES string of the molecule is CN(CCCO)C1CCN(c2nc(-c3ccccc3)cs2)CC1. The van der Waals surface area contributed by atoms with Gasteiger partial charge in [-0.3, -0.25) is 0 Å². The van der Waals surface area contributed by atoms with Gasteiger partial charge in [0.2, 0.25) is 0 Å². The van der Waals surface area contributed by atoms with E-state index >= 15 is 0 Å². The number of aliphatic hydroxyl groups is 1. The van der Waals surface area contributed by atoms with E-state index in [0.717, 1.165) is 36.9 Å². The highest BCUT2D eigenvalue weighted by Crippen LogP contribution is 2.29. The second-order valence-electron chi connectivity index (χ2n) is 6.16. The summed E-state index contributed by atoms with van der Waals surface area (Å²) in [6.07, 6.45) is 3.20. The average molecular weight is 331 g/mol. The van der Waals surface area contributed by atoms with Crippen LogP contribution in [0.15, 0.2) is 35.7 Å². The normalized spacial score (nSPS) is 16.2. The first-order chi connectivity index (χ1) is 11.3. The smallest absolute Gasteiger partial charge is 0.185 e. The molecule has 0 spiro atoms. The first-order valence-electron chi connectivity index (χ1n) is 8.35. The molecule has 0 unspecified atom stereocenters. The van der Waals surface area contributed by atoms with E-state index in [0.29, 0.717) is 6.04 Å². The molecule has 2 heterocycles. The number of anilines is 1. The molecule has 1 aliphatic heterocycles. The highest BCUT2D eigenvalue weighted by atomic mass is 32.1. The number of aliphatic hydroxyl groups excluding tert-OH is 1. The minimum absolute atomic E-state index is 0.282. The van der Waals surface area contributed by atoms with Crippen LogP contribution in [0.5, 0.6) is 0 Å². The van der Waals surface area contributed by atoms with E-state index in [4.69, 9.17) is 10.1 Å². The Morgan fingerprint density at radius 2 is 2.00 bits per heavy atom. The molecule has 1 aromatic carbocycles. The van der Waals surface area contributed by atoms with Crippen molar-refractivity contribution in [2.75, 3.05) is 38.2 Å². The fourth-order valence-electron chi connectivity index (χ4n) is 3.15. The monoisotopic (exact) mass is 331 g/mol. The Morgan fingerprint density at radius 1 is 1.26 bits per heavy atom. The van der Waals surface area contributed by atoms with E-state index in [1.165, 1.54) is 18.4 Å². The number of benzene rings is 1. The number of rotatable bonds is 6. The highest BCUT2D eigenvalue weighted by Gasteiger charge is 2.23. The number of aromatic nitrogens is 1. The molecule has 1 aromatic heterocycles. The second kappa shape index (κ2) is 7.90. The van der Waals surface area contributed by atoms with Crippen LogP contribution in [0.2, 0.25) is 0 Å². The van der Waals surface area contributed by atoms with E-state index < -0.39 is 0 Å². The van der Waals surface area contributed by atoms with Crippen molar-refractivity contribution in [2.24, 2.45) is 0 Å². The summed E-state index contributed by atoms with van der Waals surface area (Å²) in [5.41, 5.74) is 2.27. The molecular formula is C18H25N3OS. The molecule has 0 bridgehead atoms. The molecule has 3 rings (SSSR count). The molecule has 0 atom stereocenters. The molecule has 1 fully saturated rings. The first-order valence-corrected chi connectivity index (χ1v) is 9.23. The molecule has 1 saturated heterocycles. The topological polar surface area (TPSA) is 39.6 Å². The van der Waals surface area contributed by atoms with E-state index in [-0.39, 0.29) is 6.61 Å². The summed E-state index contributed by atoms with van der Waals surface area (Å²) in [6, 6.07) is 11.0. The van der Waals surface area contributed by atoms with Gasteiger partial charge in [0.05, 0.1) is 5.69 Å². The molecule has 1 N–H and O–H groups in total. The van der Waals surface area contributed by atoms with Crippen LogP contribution in [0.1, 0.15) is 19.3 Å². The van der Waals surface area contributed by atoms with Crippen molar-refractivity contribution >= 4 is 16.5 Å². The zero-order valence-electron chi connectivity index (χ0n) is 13.7. The lowest BCUT2D eigenvalue weighted by Gasteiger charge is -2.36. The maximum absolute atomic E-state index is 8.96. The molecule has 0 aliphatic carbocycles. The lowest BCUT2D eigenvalue weighted by molar-refractivity contribution is 0.184. The van der Waals surface area contributed by atoms with Gasteiger partial charge in [0.25, 0.3) is 0 Å². The predicted octanol–water partition coefficient (Wildman–Crippen LogP) is 3.09. The van der Waals surface area contributed by atoms with Gasteiger partial charge in [-0.1, -0.05) is 30.3 Å². The molecule has 124 valence electrons. The Balaban J connectivity index is 1.57. The van der Waals surface area contributed by atoms with Crippen LogP contribution < -0.4 is 4.90 Å². The van der Waals surface area contributed by atoms with Gasteiger partial charge in [-0.25, -0.2) is 4.98 Å². The lowest BCUT2D eigenvalue weighted by Crippen LogP contribution is -2.43. The van der Waals surface area contributed by atoms with E-state index in [2.05, 4.69) is 46.5 Å². The Morgan fingerprint density at radius 3 is 2.70 bits per heavy atom. The summed E-state index contributed by atoms with van der Waals surface area (Å²) in [7, 11) is 2.17. The van der Waals surface area contributed by atoms with Gasteiger partial charge in [-0.2, -0.15) is 0 Å². The molecule has 1 aliphatic rings. The standard InChI is InChI=1S/C18H25N3OS/c1-20(10-5-13-22)16-8-11-21(12-9-16)18-19-17(14-23-18)15-6-3-2-4-7-15/h2-4,6-7,14,16,22H,5,8-13H2,1H3. The van der Waals surface area contributed by atoms with Crippen molar-refractivity contribution in [3.05, 3.63) is 35.7 Å². The average Bonchev–Trinajstić information content (AvgIpc) is 3.11. The number of thiazole rings is 1. The second-order valence-corrected chi connectivity index (χ2v) is 6.99. The minimum atomic E-state index is 0.282. The molecule has 0 radical (unpaired) electrons. The van der Waals surface area contributed by atoms with Gasteiger partial charge in [0.1, 0.15) is 0 Å². The minimum Gasteiger partial charge on any atom is -0.396 e. The van der Waals surface area contributed by atoms with Crippen LogP contribution in [0.25, 0.3) is 11.3 Å². The van der Waals surface area contributed by atoms with Gasteiger partial charge in [-0.05, 0) is 26.3 Å². The zero-order valence-corrected chi connectivity index (χ0v) is 14.5. The van der Waals surface area contributed by atoms with Crippen LogP contribution in [0.3, 0.4) is 0 Å². The lowest BCUT2D eigenvalue weighted by atomic mass is 10.0. The van der Waals surface area contributed by atoms with Crippen LogP contribution in [-0.2, 0) is 0 Å². The third kappa shape index (κ3) is 4.10. The van der Waals surface area contributed by atoms with Gasteiger partial charge in [-0.15, -0.1) is 11.3 Å². The highest BCUT2D eigenvalue weighted by molar-refractivity contribution is 7.14. The van der Waals surface area contributed by atoms with Crippen LogP contribution in [0.4, 0.5) is 5.13 Å². The summed E-state index contributed by atoms with van der Waals surface area (Å²) >= 11 is 1.74. The van der Waals surface area contributed by atoms with Gasteiger partial charge >= 0.3 is 0 Å². The zero-order chi connectivity index (χ0) is 16.1. The Hall–Kier alpha value is -1.43. The van der Waals surface area contributed by atoms with E-state index in [9.17, 15) is 0 Å². The largest absolute Gasteiger partial charge is 0.396 e. The van der Waals surface area contributed by atoms with E-state index in [1.807, 2.05) is 6.07 Å². The van der Waals surface area contributed by atoms with Crippen LogP contribution in [0, 0.1) is 0 Å². The number of piperidine rings is 1. The van der Waals surface area contributed by atoms with Crippen molar-refractivity contribution < 1.29 is 5.11 Å². The molecule has 5 heteroatoms. The fraction of sp³-hybridized carbons (Fsp3) is 0.500. The van der Waals surface area contributed by atoms with Gasteiger partial charge < -0.3 is 14.9 Å². The summed E-state index contributed by atoms with van der Waals surface area (Å²) in [5.74, 6) is 0. The van der Waals surface area contributed by atoms with E-state index in [1.54, 1.807) is 11.3 Å². The Kier molecular flexibility index (Phi) is 5.65. The Labute approximate surface area is 142 Å². The number of hydrogen-bond donors (Lipinski definition) is 1. The predicted molar refractivity (Wildman–Crippen MR) is 97.1 cm³/mol. The molecule has 23 heavy (non-hydrogen) atoms. The molecular weight excluding hydrogens is 306 g/mol. The molecule has 0 saturated carbocycles. The fourth-order valence-corrected chi connectivity index (χ4v) is 4.04. The first kappa shape index (κ1) is 16.4. The quantitative estimate of drug-likeness (QED) is 0.883. The van der Waals surface area contributed by atoms with Crippen molar-refractivity contribution in [3.8, 4) is 11.3 Å². The molecule has 4 nitrogen and oxygen atoms in total. The summed E-state index contributed by atoms with van der Waals surface area (Å²) in [4.78, 5) is 9.63. The maximum Gasteiger partial charge on any atom is 0.185 e. The third-order valence-corrected chi connectivity index (χ3v) is 5.49. The maximum atomic E-state index is 8.96. The van der Waals surface area contributed by atoms with Crippen LogP contribution in [-0.4, -0.2) is 54.3 Å². The number of hydrogen-bond acceptors (Lipinski definition) is 5. The Bertz CT molecular complexity index is 593. The summed E-state index contributed by atoms with van der Waals surface area (Å²) in [6.45, 7) is 3.40. The van der Waals surface area contributed by atoms with Crippen LogP contribution >= 0.6 is 11.3 Å². The third-order valence-electron chi connectivity index (χ3n) is 4.59. The van der Waals surface area contributed by atoms with Gasteiger partial charge in [0.15, 0.2) is 5.13 Å². The van der Waals surface area contributed by atoms with Crippen molar-refractivity contribution in [3.63, 3.8) is 0 Å².